The van der Waals surface area contributed by atoms with Gasteiger partial charge in [0.15, 0.2) is 0 Å². The number of methoxy groups -OCH3 is 1. The lowest BCUT2D eigenvalue weighted by Crippen LogP contribution is -2.01. The zero-order valence-electron chi connectivity index (χ0n) is 7.90. The maximum atomic E-state index is 10.6. The van der Waals surface area contributed by atoms with E-state index in [1.165, 1.54) is 26.2 Å². The lowest BCUT2D eigenvalue weighted by atomic mass is 10.2. The highest BCUT2D eigenvalue weighted by molar-refractivity contribution is 5.69. The van der Waals surface area contributed by atoms with Gasteiger partial charge in [-0.3, -0.25) is 4.79 Å². The Morgan fingerprint density at radius 3 is 2.71 bits per heavy atom. The largest absolute Gasteiger partial charge is 0.495 e. The van der Waals surface area contributed by atoms with Crippen LogP contribution in [0.25, 0.3) is 0 Å². The lowest BCUT2D eigenvalue weighted by Gasteiger charge is -2.05. The Morgan fingerprint density at radius 2 is 2.21 bits per heavy atom. The zero-order valence-corrected chi connectivity index (χ0v) is 7.90. The molecule has 0 amide bonds. The first-order chi connectivity index (χ1) is 6.67. The van der Waals surface area contributed by atoms with Crippen LogP contribution in [0.4, 0.5) is 0 Å². The summed E-state index contributed by atoms with van der Waals surface area (Å²) in [5, 5.41) is 8.68. The molecule has 1 rings (SSSR count). The number of rotatable bonds is 2. The van der Waals surface area contributed by atoms with Crippen molar-refractivity contribution >= 4 is 5.97 Å². The highest BCUT2D eigenvalue weighted by Crippen LogP contribution is 2.23. The van der Waals surface area contributed by atoms with E-state index in [1.807, 2.05) is 6.07 Å². The third kappa shape index (κ3) is 2.23. The number of carbonyl (C=O) groups excluding carboxylic acids is 1. The fraction of sp³-hybridized carbons (Fsp3) is 0.200. The SMILES string of the molecule is COc1cc(OC(C)=O)ccc1C#N. The van der Waals surface area contributed by atoms with Crippen LogP contribution in [-0.2, 0) is 4.79 Å². The predicted molar refractivity (Wildman–Crippen MR) is 49.0 cm³/mol. The number of nitrogens with zero attached hydrogens (tertiary/aromatic N) is 1. The molecule has 0 radical (unpaired) electrons. The zero-order chi connectivity index (χ0) is 10.6. The van der Waals surface area contributed by atoms with Crippen molar-refractivity contribution in [3.05, 3.63) is 23.8 Å². The van der Waals surface area contributed by atoms with Crippen LogP contribution < -0.4 is 9.47 Å². The van der Waals surface area contributed by atoms with Gasteiger partial charge in [0.05, 0.1) is 12.7 Å². The van der Waals surface area contributed by atoms with Crippen molar-refractivity contribution in [1.29, 1.82) is 5.26 Å². The van der Waals surface area contributed by atoms with Crippen LogP contribution in [0.1, 0.15) is 12.5 Å². The van der Waals surface area contributed by atoms with Gasteiger partial charge in [0.2, 0.25) is 0 Å². The molecular weight excluding hydrogens is 182 g/mol. The molecule has 0 fully saturated rings. The minimum absolute atomic E-state index is 0.369. The summed E-state index contributed by atoms with van der Waals surface area (Å²) in [6, 6.07) is 6.54. The second-order valence-corrected chi connectivity index (χ2v) is 2.57. The highest BCUT2D eigenvalue weighted by Gasteiger charge is 2.05. The number of benzene rings is 1. The molecule has 14 heavy (non-hydrogen) atoms. The minimum atomic E-state index is -0.406. The summed E-state index contributed by atoms with van der Waals surface area (Å²) < 4.78 is 9.77. The Balaban J connectivity index is 3.03. The second-order valence-electron chi connectivity index (χ2n) is 2.57. The van der Waals surface area contributed by atoms with Crippen LogP contribution in [0.2, 0.25) is 0 Å². The summed E-state index contributed by atoms with van der Waals surface area (Å²) in [4.78, 5) is 10.6. The molecule has 0 aliphatic carbocycles. The number of hydrogen-bond donors (Lipinski definition) is 0. The fourth-order valence-corrected chi connectivity index (χ4v) is 0.993. The van der Waals surface area contributed by atoms with Crippen molar-refractivity contribution in [2.45, 2.75) is 6.92 Å². The molecule has 0 N–H and O–H groups in total. The monoisotopic (exact) mass is 191 g/mol. The van der Waals surface area contributed by atoms with Gasteiger partial charge in [-0.25, -0.2) is 0 Å². The first-order valence-corrected chi connectivity index (χ1v) is 3.94. The van der Waals surface area contributed by atoms with Crippen LogP contribution in [0, 0.1) is 11.3 Å². The van der Waals surface area contributed by atoms with Crippen LogP contribution in [0.15, 0.2) is 18.2 Å². The molecule has 72 valence electrons. The van der Waals surface area contributed by atoms with Gasteiger partial charge < -0.3 is 9.47 Å². The molecule has 0 aromatic heterocycles. The molecule has 4 heteroatoms. The third-order valence-corrected chi connectivity index (χ3v) is 1.56. The Morgan fingerprint density at radius 1 is 1.50 bits per heavy atom. The van der Waals surface area contributed by atoms with Crippen molar-refractivity contribution in [2.75, 3.05) is 7.11 Å². The molecule has 1 aromatic rings. The van der Waals surface area contributed by atoms with Gasteiger partial charge in [-0.2, -0.15) is 5.26 Å². The van der Waals surface area contributed by atoms with Crippen molar-refractivity contribution in [1.82, 2.24) is 0 Å². The number of ether oxygens (including phenoxy) is 2. The van der Waals surface area contributed by atoms with Crippen molar-refractivity contribution in [3.8, 4) is 17.6 Å². The molecule has 0 saturated carbocycles. The number of carbonyl (C=O) groups is 1. The normalized spacial score (nSPS) is 8.93. The smallest absolute Gasteiger partial charge is 0.308 e. The van der Waals surface area contributed by atoms with E-state index in [0.717, 1.165) is 0 Å². The molecule has 0 aliphatic heterocycles. The molecule has 0 heterocycles. The van der Waals surface area contributed by atoms with Crippen LogP contribution in [0.3, 0.4) is 0 Å². The van der Waals surface area contributed by atoms with Crippen molar-refractivity contribution < 1.29 is 14.3 Å². The van der Waals surface area contributed by atoms with Gasteiger partial charge in [-0.1, -0.05) is 0 Å². The molecule has 0 bridgehead atoms. The van der Waals surface area contributed by atoms with Crippen molar-refractivity contribution in [3.63, 3.8) is 0 Å². The summed E-state index contributed by atoms with van der Waals surface area (Å²) in [7, 11) is 1.45. The van der Waals surface area contributed by atoms with Gasteiger partial charge in [-0.15, -0.1) is 0 Å². The van der Waals surface area contributed by atoms with E-state index in [2.05, 4.69) is 0 Å². The summed E-state index contributed by atoms with van der Waals surface area (Å²) in [5.41, 5.74) is 0.406. The second kappa shape index (κ2) is 4.28. The summed E-state index contributed by atoms with van der Waals surface area (Å²) in [5.74, 6) is 0.358. The third-order valence-electron chi connectivity index (χ3n) is 1.56. The Kier molecular flexibility index (Phi) is 3.08. The first kappa shape index (κ1) is 10.1. The average Bonchev–Trinajstić information content (AvgIpc) is 2.16. The first-order valence-electron chi connectivity index (χ1n) is 3.94. The standard InChI is InChI=1S/C10H9NO3/c1-7(12)14-9-4-3-8(6-11)10(5-9)13-2/h3-5H,1-2H3. The van der Waals surface area contributed by atoms with Crippen LogP contribution in [-0.4, -0.2) is 13.1 Å². The Bertz CT molecular complexity index is 393. The molecular formula is C10H9NO3. The van der Waals surface area contributed by atoms with Crippen LogP contribution in [0.5, 0.6) is 11.5 Å². The van der Waals surface area contributed by atoms with E-state index in [-0.39, 0.29) is 0 Å². The molecule has 1 aromatic carbocycles. The van der Waals surface area contributed by atoms with Gasteiger partial charge in [0, 0.05) is 13.0 Å². The average molecular weight is 191 g/mol. The Hall–Kier alpha value is -2.02. The fourth-order valence-electron chi connectivity index (χ4n) is 0.993. The van der Waals surface area contributed by atoms with Crippen molar-refractivity contribution in [2.24, 2.45) is 0 Å². The van der Waals surface area contributed by atoms with Crippen LogP contribution >= 0.6 is 0 Å². The Labute approximate surface area is 81.7 Å². The number of hydrogen-bond acceptors (Lipinski definition) is 4. The predicted octanol–water partition coefficient (Wildman–Crippen LogP) is 1.49. The molecule has 0 saturated heterocycles. The number of esters is 1. The van der Waals surface area contributed by atoms with E-state index in [1.54, 1.807) is 6.07 Å². The van der Waals surface area contributed by atoms with E-state index < -0.39 is 5.97 Å². The summed E-state index contributed by atoms with van der Waals surface area (Å²) in [6.45, 7) is 1.31. The maximum absolute atomic E-state index is 10.6. The number of nitriles is 1. The van der Waals surface area contributed by atoms with Gasteiger partial charge in [-0.05, 0) is 12.1 Å². The highest BCUT2D eigenvalue weighted by atomic mass is 16.5. The van der Waals surface area contributed by atoms with E-state index in [4.69, 9.17) is 14.7 Å². The van der Waals surface area contributed by atoms with E-state index in [9.17, 15) is 4.79 Å². The summed E-state index contributed by atoms with van der Waals surface area (Å²) in [6.07, 6.45) is 0. The lowest BCUT2D eigenvalue weighted by molar-refractivity contribution is -0.131. The molecule has 4 nitrogen and oxygen atoms in total. The minimum Gasteiger partial charge on any atom is -0.495 e. The maximum Gasteiger partial charge on any atom is 0.308 e. The van der Waals surface area contributed by atoms with Gasteiger partial charge >= 0.3 is 5.97 Å². The van der Waals surface area contributed by atoms with Gasteiger partial charge in [0.1, 0.15) is 17.6 Å². The van der Waals surface area contributed by atoms with E-state index in [0.29, 0.717) is 17.1 Å². The molecule has 0 atom stereocenters. The van der Waals surface area contributed by atoms with E-state index >= 15 is 0 Å². The quantitative estimate of drug-likeness (QED) is 0.525. The molecule has 0 aliphatic rings. The topological polar surface area (TPSA) is 59.3 Å². The molecule has 0 unspecified atom stereocenters. The summed E-state index contributed by atoms with van der Waals surface area (Å²) >= 11 is 0. The van der Waals surface area contributed by atoms with Gasteiger partial charge in [0.25, 0.3) is 0 Å². The molecule has 0 spiro atoms.